The maximum Gasteiger partial charge on any atom is 0.410 e. The minimum absolute atomic E-state index is 0.00833. The van der Waals surface area contributed by atoms with Gasteiger partial charge in [-0.15, -0.1) is 0 Å². The number of rotatable bonds is 9. The average molecular weight is 645 g/mol. The van der Waals surface area contributed by atoms with E-state index in [9.17, 15) is 14.4 Å². The van der Waals surface area contributed by atoms with Gasteiger partial charge in [-0.05, 0) is 94.7 Å². The van der Waals surface area contributed by atoms with Gasteiger partial charge in [-0.2, -0.15) is 0 Å². The third-order valence-electron chi connectivity index (χ3n) is 9.35. The van der Waals surface area contributed by atoms with Crippen LogP contribution in [0.4, 0.5) is 21.9 Å². The number of nitrogens with zero attached hydrogens (tertiary/aromatic N) is 4. The Balaban J connectivity index is 1.33. The van der Waals surface area contributed by atoms with Crippen LogP contribution < -0.4 is 19.4 Å². The number of piperidine rings is 1. The van der Waals surface area contributed by atoms with Gasteiger partial charge in [0.1, 0.15) is 11.4 Å². The van der Waals surface area contributed by atoms with Gasteiger partial charge in [0.15, 0.2) is 6.61 Å². The lowest BCUT2D eigenvalue weighted by Crippen LogP contribution is -2.51. The predicted octanol–water partition coefficient (Wildman–Crippen LogP) is 5.75. The lowest BCUT2D eigenvalue weighted by atomic mass is 9.79. The number of anilines is 3. The second kappa shape index (κ2) is 14.0. The molecule has 252 valence electrons. The molecule has 0 bridgehead atoms. The quantitative estimate of drug-likeness (QED) is 0.254. The molecule has 1 aliphatic carbocycles. The van der Waals surface area contributed by atoms with Crippen molar-refractivity contribution >= 4 is 35.0 Å². The van der Waals surface area contributed by atoms with Crippen LogP contribution in [0, 0.1) is 5.92 Å². The van der Waals surface area contributed by atoms with E-state index in [1.165, 1.54) is 0 Å². The molecule has 2 atom stereocenters. The van der Waals surface area contributed by atoms with E-state index in [-0.39, 0.29) is 36.9 Å². The van der Waals surface area contributed by atoms with E-state index in [0.29, 0.717) is 44.0 Å². The maximum atomic E-state index is 14.9. The van der Waals surface area contributed by atoms with Gasteiger partial charge in [-0.25, -0.2) is 4.79 Å². The van der Waals surface area contributed by atoms with Crippen LogP contribution in [0.3, 0.4) is 0 Å². The van der Waals surface area contributed by atoms with Crippen LogP contribution in [-0.4, -0.2) is 87.5 Å². The molecule has 0 aromatic heterocycles. The van der Waals surface area contributed by atoms with Crippen molar-refractivity contribution in [2.45, 2.75) is 70.4 Å². The molecule has 1 saturated carbocycles. The summed E-state index contributed by atoms with van der Waals surface area (Å²) >= 11 is 0. The summed E-state index contributed by atoms with van der Waals surface area (Å²) in [5.74, 6) is -0.0358. The monoisotopic (exact) mass is 644 g/mol. The number of methoxy groups -OCH3 is 1. The molecular weight excluding hydrogens is 596 g/mol. The molecule has 1 saturated heterocycles. The highest BCUT2D eigenvalue weighted by molar-refractivity contribution is 6.01. The number of hydrogen-bond donors (Lipinski definition) is 0. The number of carbonyl (C=O) groups excluding carboxylic acids is 3. The van der Waals surface area contributed by atoms with Crippen molar-refractivity contribution in [3.63, 3.8) is 0 Å². The molecule has 0 radical (unpaired) electrons. The van der Waals surface area contributed by atoms with Crippen LogP contribution in [0.2, 0.25) is 0 Å². The number of ether oxygens (including phenoxy) is 3. The van der Waals surface area contributed by atoms with Crippen LogP contribution in [0.15, 0.2) is 54.6 Å². The third kappa shape index (κ3) is 7.59. The van der Waals surface area contributed by atoms with Gasteiger partial charge in [0.2, 0.25) is 5.91 Å². The molecule has 10 nitrogen and oxygen atoms in total. The van der Waals surface area contributed by atoms with Crippen LogP contribution in [-0.2, 0) is 19.1 Å². The van der Waals surface area contributed by atoms with Crippen molar-refractivity contribution in [2.75, 3.05) is 67.7 Å². The fraction of sp³-hybridized carbons (Fsp3) is 0.541. The lowest BCUT2D eigenvalue weighted by Gasteiger charge is -2.41. The first-order valence-electron chi connectivity index (χ1n) is 17.0. The largest absolute Gasteiger partial charge is 0.482 e. The summed E-state index contributed by atoms with van der Waals surface area (Å²) in [4.78, 5) is 48.9. The van der Waals surface area contributed by atoms with Crippen molar-refractivity contribution in [3.8, 4) is 5.75 Å². The van der Waals surface area contributed by atoms with Crippen molar-refractivity contribution in [2.24, 2.45) is 5.92 Å². The molecule has 0 unspecified atom stereocenters. The highest BCUT2D eigenvalue weighted by Gasteiger charge is 2.44. The van der Waals surface area contributed by atoms with Gasteiger partial charge < -0.3 is 33.8 Å². The van der Waals surface area contributed by atoms with Gasteiger partial charge >= 0.3 is 6.09 Å². The summed E-state index contributed by atoms with van der Waals surface area (Å²) in [5.41, 5.74) is 3.05. The van der Waals surface area contributed by atoms with E-state index in [1.54, 1.807) is 16.9 Å². The second-order valence-electron chi connectivity index (χ2n) is 14.0. The number of fused-ring (bicyclic) bond motifs is 1. The van der Waals surface area contributed by atoms with E-state index in [2.05, 4.69) is 41.3 Å². The van der Waals surface area contributed by atoms with Crippen LogP contribution in [0.1, 0.15) is 64.4 Å². The van der Waals surface area contributed by atoms with Crippen molar-refractivity contribution in [3.05, 3.63) is 60.2 Å². The highest BCUT2D eigenvalue weighted by Crippen LogP contribution is 2.43. The first-order valence-corrected chi connectivity index (χ1v) is 17.0. The maximum absolute atomic E-state index is 14.9. The van der Waals surface area contributed by atoms with Crippen LogP contribution in [0.5, 0.6) is 5.75 Å². The number of benzene rings is 2. The summed E-state index contributed by atoms with van der Waals surface area (Å²) in [6.45, 7) is 9.22. The molecule has 2 fully saturated rings. The van der Waals surface area contributed by atoms with Crippen molar-refractivity contribution in [1.29, 1.82) is 0 Å². The first kappa shape index (κ1) is 32.9. The first-order chi connectivity index (χ1) is 22.6. The topological polar surface area (TPSA) is 91.9 Å². The van der Waals surface area contributed by atoms with E-state index >= 15 is 0 Å². The Hall–Kier alpha value is -4.05. The van der Waals surface area contributed by atoms with E-state index in [1.807, 2.05) is 43.9 Å². The molecule has 4 aliphatic rings. The Morgan fingerprint density at radius 2 is 1.87 bits per heavy atom. The Morgan fingerprint density at radius 1 is 1.04 bits per heavy atom. The summed E-state index contributed by atoms with van der Waals surface area (Å²) in [6, 6.07) is 14.3. The molecule has 2 aromatic carbocycles. The minimum atomic E-state index is -0.636. The average Bonchev–Trinajstić information content (AvgIpc) is 3.90. The second-order valence-corrected chi connectivity index (χ2v) is 14.0. The van der Waals surface area contributed by atoms with Gasteiger partial charge in [-0.1, -0.05) is 24.3 Å². The Morgan fingerprint density at radius 3 is 2.60 bits per heavy atom. The van der Waals surface area contributed by atoms with Gasteiger partial charge in [-0.3, -0.25) is 9.59 Å². The summed E-state index contributed by atoms with van der Waals surface area (Å²) in [6.07, 6.45) is 8.18. The number of hydrogen-bond acceptors (Lipinski definition) is 7. The Labute approximate surface area is 278 Å². The number of amides is 3. The molecule has 10 heteroatoms. The van der Waals surface area contributed by atoms with Crippen molar-refractivity contribution in [1.82, 2.24) is 4.90 Å². The van der Waals surface area contributed by atoms with Gasteiger partial charge in [0.05, 0.1) is 11.6 Å². The lowest BCUT2D eigenvalue weighted by molar-refractivity contribution is -0.124. The number of likely N-dealkylation sites (tertiary alicyclic amines) is 1. The fourth-order valence-corrected chi connectivity index (χ4v) is 6.90. The smallest absolute Gasteiger partial charge is 0.410 e. The van der Waals surface area contributed by atoms with E-state index in [4.69, 9.17) is 14.2 Å². The zero-order chi connectivity index (χ0) is 33.1. The minimum Gasteiger partial charge on any atom is -0.482 e. The normalized spacial score (nSPS) is 21.3. The number of carbonyl (C=O) groups is 3. The van der Waals surface area contributed by atoms with E-state index < -0.39 is 17.6 Å². The summed E-state index contributed by atoms with van der Waals surface area (Å²) in [7, 11) is 1.65. The van der Waals surface area contributed by atoms with Crippen LogP contribution in [0.25, 0.3) is 0 Å². The predicted molar refractivity (Wildman–Crippen MR) is 182 cm³/mol. The molecule has 0 N–H and O–H groups in total. The van der Waals surface area contributed by atoms with Crippen molar-refractivity contribution < 1.29 is 28.6 Å². The Bertz CT molecular complexity index is 1500. The molecule has 6 rings (SSSR count). The molecule has 0 spiro atoms. The van der Waals surface area contributed by atoms with E-state index in [0.717, 1.165) is 49.3 Å². The fourth-order valence-electron chi connectivity index (χ4n) is 6.90. The summed E-state index contributed by atoms with van der Waals surface area (Å²) in [5, 5.41) is 0. The SMILES string of the molecule is COCCCN1C(=O)COc2ccc(N(C(=O)[C@H]3CN(C(=O)OC(C)(C)C)CC[C@@H]3c3cccc(N4CC=CCC4)c3)C3CC3)cc21. The standard InChI is InChI=1S/C37H48N4O6/c1-37(2,3)47-36(44)39-20-16-30(26-10-8-11-28(22-26)38-17-6-5-7-18-38)31(24-39)35(43)41(27-12-13-27)29-14-15-33-32(23-29)40(19-9-21-45-4)34(42)25-46-33/h5-6,8,10-11,14-15,22-23,27,30-31H,7,9,12-13,16-21,24-25H2,1-4H3/t30-,31+/m1/s1. The molecule has 2 aromatic rings. The zero-order valence-electron chi connectivity index (χ0n) is 28.2. The summed E-state index contributed by atoms with van der Waals surface area (Å²) < 4.78 is 16.8. The Kier molecular flexibility index (Phi) is 9.77. The molecule has 3 amide bonds. The van der Waals surface area contributed by atoms with Gasteiger partial charge in [0, 0.05) is 63.9 Å². The molecular formula is C37H48N4O6. The molecule has 47 heavy (non-hydrogen) atoms. The third-order valence-corrected chi connectivity index (χ3v) is 9.35. The highest BCUT2D eigenvalue weighted by atomic mass is 16.6. The molecule has 3 aliphatic heterocycles. The van der Waals surface area contributed by atoms with Gasteiger partial charge in [0.25, 0.3) is 5.91 Å². The van der Waals surface area contributed by atoms with Crippen LogP contribution >= 0.6 is 0 Å². The molecule has 3 heterocycles. The zero-order valence-corrected chi connectivity index (χ0v) is 28.2.